The van der Waals surface area contributed by atoms with Gasteiger partial charge >= 0.3 is 6.03 Å². The number of morpholine rings is 1. The molecule has 1 saturated heterocycles. The molecular weight excluding hydrogens is 256 g/mol. The van der Waals surface area contributed by atoms with E-state index in [1.807, 2.05) is 32.0 Å². The van der Waals surface area contributed by atoms with E-state index in [4.69, 9.17) is 4.74 Å². The first kappa shape index (κ1) is 14.8. The summed E-state index contributed by atoms with van der Waals surface area (Å²) in [7, 11) is 0. The summed E-state index contributed by atoms with van der Waals surface area (Å²) in [4.78, 5) is 14.1. The van der Waals surface area contributed by atoms with Gasteiger partial charge in [0.1, 0.15) is 0 Å². The van der Waals surface area contributed by atoms with Gasteiger partial charge in [-0.05, 0) is 38.5 Å². The van der Waals surface area contributed by atoms with Crippen LogP contribution < -0.4 is 5.32 Å². The van der Waals surface area contributed by atoms with Gasteiger partial charge in [-0.2, -0.15) is 0 Å². The van der Waals surface area contributed by atoms with E-state index >= 15 is 0 Å². The number of rotatable bonds is 2. The smallest absolute Gasteiger partial charge is 0.322 e. The Kier molecular flexibility index (Phi) is 4.62. The third-order valence-corrected chi connectivity index (χ3v) is 3.49. The molecule has 0 bridgehead atoms. The minimum absolute atomic E-state index is 0.0562. The number of carbonyl (C=O) groups is 1. The second-order valence-electron chi connectivity index (χ2n) is 5.38. The molecule has 0 saturated carbocycles. The molecule has 0 aromatic heterocycles. The molecule has 5 nitrogen and oxygen atoms in total. The predicted octanol–water partition coefficient (Wildman–Crippen LogP) is 2.38. The van der Waals surface area contributed by atoms with E-state index in [1.54, 1.807) is 17.9 Å². The van der Waals surface area contributed by atoms with Crippen molar-refractivity contribution >= 4 is 11.7 Å². The molecule has 1 fully saturated rings. The maximum Gasteiger partial charge on any atom is 0.322 e. The van der Waals surface area contributed by atoms with Crippen LogP contribution >= 0.6 is 0 Å². The van der Waals surface area contributed by atoms with Gasteiger partial charge in [-0.15, -0.1) is 0 Å². The molecule has 0 aliphatic carbocycles. The number of hydrogen-bond donors (Lipinski definition) is 2. The third kappa shape index (κ3) is 3.49. The van der Waals surface area contributed by atoms with Gasteiger partial charge in [-0.3, -0.25) is 0 Å². The van der Waals surface area contributed by atoms with Gasteiger partial charge in [-0.1, -0.05) is 12.1 Å². The predicted molar refractivity (Wildman–Crippen MR) is 77.7 cm³/mol. The van der Waals surface area contributed by atoms with E-state index in [0.717, 1.165) is 5.56 Å². The van der Waals surface area contributed by atoms with Crippen molar-refractivity contribution in [3.05, 3.63) is 29.8 Å². The Bertz CT molecular complexity index is 476. The van der Waals surface area contributed by atoms with Gasteiger partial charge in [-0.25, -0.2) is 4.79 Å². The Hall–Kier alpha value is -1.59. The number of urea groups is 1. The molecule has 1 aliphatic heterocycles. The van der Waals surface area contributed by atoms with Crippen molar-refractivity contribution in [2.75, 3.05) is 18.5 Å². The SMILES string of the molecule is CC1CN(C(=O)Nc2cccc(C(C)O)c2)C(C)CO1. The van der Waals surface area contributed by atoms with E-state index in [2.05, 4.69) is 5.32 Å². The fourth-order valence-corrected chi connectivity index (χ4v) is 2.26. The number of nitrogens with zero attached hydrogens (tertiary/aromatic N) is 1. The van der Waals surface area contributed by atoms with E-state index in [9.17, 15) is 9.90 Å². The lowest BCUT2D eigenvalue weighted by Crippen LogP contribution is -2.51. The molecule has 1 aliphatic rings. The first-order chi connectivity index (χ1) is 9.47. The minimum Gasteiger partial charge on any atom is -0.389 e. The van der Waals surface area contributed by atoms with Crippen molar-refractivity contribution in [1.82, 2.24) is 4.90 Å². The summed E-state index contributed by atoms with van der Waals surface area (Å²) in [5.74, 6) is 0. The van der Waals surface area contributed by atoms with Gasteiger partial charge in [0.2, 0.25) is 0 Å². The molecule has 1 heterocycles. The third-order valence-electron chi connectivity index (χ3n) is 3.49. The monoisotopic (exact) mass is 278 g/mol. The van der Waals surface area contributed by atoms with Crippen LogP contribution in [0.5, 0.6) is 0 Å². The average molecular weight is 278 g/mol. The molecule has 0 spiro atoms. The van der Waals surface area contributed by atoms with Gasteiger partial charge < -0.3 is 20.1 Å². The Balaban J connectivity index is 2.05. The molecule has 20 heavy (non-hydrogen) atoms. The summed E-state index contributed by atoms with van der Waals surface area (Å²) in [5, 5.41) is 12.4. The number of nitrogens with one attached hydrogen (secondary N) is 1. The summed E-state index contributed by atoms with van der Waals surface area (Å²) in [5.41, 5.74) is 1.48. The molecule has 1 aromatic carbocycles. The highest BCUT2D eigenvalue weighted by Gasteiger charge is 2.27. The Morgan fingerprint density at radius 1 is 1.50 bits per heavy atom. The minimum atomic E-state index is -0.547. The Morgan fingerprint density at radius 3 is 2.95 bits per heavy atom. The van der Waals surface area contributed by atoms with Gasteiger partial charge in [0.15, 0.2) is 0 Å². The lowest BCUT2D eigenvalue weighted by molar-refractivity contribution is -0.0296. The maximum atomic E-state index is 12.3. The standard InChI is InChI=1S/C15H22N2O3/c1-10-9-20-11(2)8-17(10)15(19)16-14-6-4-5-13(7-14)12(3)18/h4-7,10-12,18H,8-9H2,1-3H3,(H,16,19). The fraction of sp³-hybridized carbons (Fsp3) is 0.533. The number of carbonyl (C=O) groups excluding carboxylic acids is 1. The zero-order valence-corrected chi connectivity index (χ0v) is 12.2. The summed E-state index contributed by atoms with van der Waals surface area (Å²) in [6, 6.07) is 7.19. The highest BCUT2D eigenvalue weighted by molar-refractivity contribution is 5.89. The first-order valence-electron chi connectivity index (χ1n) is 6.94. The van der Waals surface area contributed by atoms with Crippen LogP contribution in [0.3, 0.4) is 0 Å². The van der Waals surface area contributed by atoms with E-state index < -0.39 is 6.10 Å². The first-order valence-corrected chi connectivity index (χ1v) is 6.94. The normalized spacial score (nSPS) is 24.3. The van der Waals surface area contributed by atoms with Crippen LogP contribution in [-0.2, 0) is 4.74 Å². The number of benzene rings is 1. The molecule has 3 unspecified atom stereocenters. The van der Waals surface area contributed by atoms with Gasteiger partial charge in [0.25, 0.3) is 0 Å². The molecule has 110 valence electrons. The molecule has 2 rings (SSSR count). The highest BCUT2D eigenvalue weighted by Crippen LogP contribution is 2.18. The van der Waals surface area contributed by atoms with Gasteiger partial charge in [0, 0.05) is 12.2 Å². The van der Waals surface area contributed by atoms with E-state index in [-0.39, 0.29) is 18.2 Å². The van der Waals surface area contributed by atoms with Crippen molar-refractivity contribution in [2.45, 2.75) is 39.0 Å². The second kappa shape index (κ2) is 6.24. The van der Waals surface area contributed by atoms with Crippen LogP contribution in [0.1, 0.15) is 32.4 Å². The fourth-order valence-electron chi connectivity index (χ4n) is 2.26. The Labute approximate surface area is 119 Å². The lowest BCUT2D eigenvalue weighted by Gasteiger charge is -2.36. The van der Waals surface area contributed by atoms with Crippen molar-refractivity contribution in [3.8, 4) is 0 Å². The van der Waals surface area contributed by atoms with E-state index in [0.29, 0.717) is 18.8 Å². The number of ether oxygens (including phenoxy) is 1. The zero-order valence-electron chi connectivity index (χ0n) is 12.2. The molecular formula is C15H22N2O3. The topological polar surface area (TPSA) is 61.8 Å². The largest absolute Gasteiger partial charge is 0.389 e. The van der Waals surface area contributed by atoms with Crippen molar-refractivity contribution < 1.29 is 14.6 Å². The van der Waals surface area contributed by atoms with Crippen molar-refractivity contribution in [3.63, 3.8) is 0 Å². The van der Waals surface area contributed by atoms with E-state index in [1.165, 1.54) is 0 Å². The maximum absolute atomic E-state index is 12.3. The zero-order chi connectivity index (χ0) is 14.7. The molecule has 3 atom stereocenters. The quantitative estimate of drug-likeness (QED) is 0.873. The number of anilines is 1. The number of amides is 2. The molecule has 1 aromatic rings. The summed E-state index contributed by atoms with van der Waals surface area (Å²) in [6.45, 7) is 6.77. The van der Waals surface area contributed by atoms with Crippen LogP contribution in [-0.4, -0.2) is 41.3 Å². The lowest BCUT2D eigenvalue weighted by atomic mass is 10.1. The summed E-state index contributed by atoms with van der Waals surface area (Å²) < 4.78 is 5.52. The molecule has 5 heteroatoms. The second-order valence-corrected chi connectivity index (χ2v) is 5.38. The summed E-state index contributed by atoms with van der Waals surface area (Å²) >= 11 is 0. The van der Waals surface area contributed by atoms with Crippen LogP contribution in [0.2, 0.25) is 0 Å². The summed E-state index contributed by atoms with van der Waals surface area (Å²) in [6.07, 6.45) is -0.491. The van der Waals surface area contributed by atoms with Crippen LogP contribution in [0.25, 0.3) is 0 Å². The van der Waals surface area contributed by atoms with Crippen molar-refractivity contribution in [2.24, 2.45) is 0 Å². The van der Waals surface area contributed by atoms with Crippen LogP contribution in [0.4, 0.5) is 10.5 Å². The number of aliphatic hydroxyl groups is 1. The van der Waals surface area contributed by atoms with Crippen molar-refractivity contribution in [1.29, 1.82) is 0 Å². The molecule has 2 N–H and O–H groups in total. The number of hydrogen-bond acceptors (Lipinski definition) is 3. The van der Waals surface area contributed by atoms with Crippen LogP contribution in [0.15, 0.2) is 24.3 Å². The number of aliphatic hydroxyl groups excluding tert-OH is 1. The van der Waals surface area contributed by atoms with Crippen LogP contribution in [0, 0.1) is 0 Å². The highest BCUT2D eigenvalue weighted by atomic mass is 16.5. The molecule has 0 radical (unpaired) electrons. The Morgan fingerprint density at radius 2 is 2.25 bits per heavy atom. The van der Waals surface area contributed by atoms with Gasteiger partial charge in [0.05, 0.1) is 24.9 Å². The average Bonchev–Trinajstić information content (AvgIpc) is 2.41. The molecule has 2 amide bonds.